The van der Waals surface area contributed by atoms with Gasteiger partial charge in [0.25, 0.3) is 0 Å². The van der Waals surface area contributed by atoms with Crippen molar-refractivity contribution in [1.82, 2.24) is 0 Å². The maximum Gasteiger partial charge on any atom is 0.328 e. The normalized spacial score (nSPS) is 28.9. The molecule has 0 aromatic heterocycles. The first-order valence-corrected chi connectivity index (χ1v) is 11.4. The number of halogens is 1. The fourth-order valence-electron chi connectivity index (χ4n) is 6.96. The maximum absolute atomic E-state index is 11.5. The van der Waals surface area contributed by atoms with E-state index in [1.165, 1.54) is 25.3 Å². The first-order chi connectivity index (χ1) is 14.9. The summed E-state index contributed by atoms with van der Waals surface area (Å²) in [6, 6.07) is 9.43. The van der Waals surface area contributed by atoms with Gasteiger partial charge in [0.2, 0.25) is 0 Å². The summed E-state index contributed by atoms with van der Waals surface area (Å²) in [5.41, 5.74) is 3.02. The Morgan fingerprint density at radius 1 is 1.10 bits per heavy atom. The molecule has 0 atom stereocenters. The number of hydrogen-bond donors (Lipinski definition) is 2. The van der Waals surface area contributed by atoms with Gasteiger partial charge in [-0.25, -0.2) is 4.79 Å². The highest BCUT2D eigenvalue weighted by Crippen LogP contribution is 2.62. The Bertz CT molecular complexity index is 1040. The second-order valence-electron chi connectivity index (χ2n) is 9.65. The van der Waals surface area contributed by atoms with Gasteiger partial charge in [0, 0.05) is 33.4 Å². The second-order valence-corrected chi connectivity index (χ2v) is 10.1. The molecule has 2 N–H and O–H groups in total. The molecule has 4 bridgehead atoms. The lowest BCUT2D eigenvalue weighted by molar-refractivity contribution is -0.131. The molecule has 0 radical (unpaired) electrons. The Balaban J connectivity index is 1.63. The molecule has 4 saturated carbocycles. The number of para-hydroxylation sites is 1. The van der Waals surface area contributed by atoms with E-state index in [9.17, 15) is 9.90 Å². The van der Waals surface area contributed by atoms with Crippen molar-refractivity contribution in [3.8, 4) is 22.6 Å². The Morgan fingerprint density at radius 2 is 1.74 bits per heavy atom. The molecular weight excluding hydrogens is 412 g/mol. The fraction of sp³-hybridized carbons (Fsp3) is 0.423. The number of phenolic OH excluding ortho intramolecular Hbond substituents is 1. The van der Waals surface area contributed by atoms with Crippen LogP contribution in [0.3, 0.4) is 0 Å². The third kappa shape index (κ3) is 3.51. The van der Waals surface area contributed by atoms with Gasteiger partial charge in [0.05, 0.1) is 7.11 Å². The van der Waals surface area contributed by atoms with E-state index in [1.54, 1.807) is 19.2 Å². The molecule has 6 rings (SSSR count). The highest BCUT2D eigenvalue weighted by Gasteiger charge is 2.52. The van der Waals surface area contributed by atoms with Gasteiger partial charge in [-0.2, -0.15) is 0 Å². The zero-order chi connectivity index (χ0) is 21.8. The summed E-state index contributed by atoms with van der Waals surface area (Å²) in [6.45, 7) is 0. The van der Waals surface area contributed by atoms with Crippen molar-refractivity contribution in [2.45, 2.75) is 43.9 Å². The lowest BCUT2D eigenvalue weighted by Crippen LogP contribution is -2.48. The van der Waals surface area contributed by atoms with Crippen LogP contribution in [0.2, 0.25) is 5.02 Å². The second kappa shape index (κ2) is 7.59. The minimum absolute atomic E-state index is 0.0622. The van der Waals surface area contributed by atoms with E-state index in [-0.39, 0.29) is 5.41 Å². The third-order valence-corrected chi connectivity index (χ3v) is 7.85. The summed E-state index contributed by atoms with van der Waals surface area (Å²) < 4.78 is 5.65. The molecule has 162 valence electrons. The summed E-state index contributed by atoms with van der Waals surface area (Å²) in [7, 11) is 1.55. The van der Waals surface area contributed by atoms with E-state index in [0.29, 0.717) is 33.2 Å². The number of phenols is 1. The Hall–Kier alpha value is -2.46. The Morgan fingerprint density at radius 3 is 2.32 bits per heavy atom. The molecule has 5 heteroatoms. The zero-order valence-electron chi connectivity index (χ0n) is 17.6. The summed E-state index contributed by atoms with van der Waals surface area (Å²) in [5.74, 6) is 2.10. The van der Waals surface area contributed by atoms with Gasteiger partial charge < -0.3 is 14.9 Å². The van der Waals surface area contributed by atoms with Crippen molar-refractivity contribution < 1.29 is 19.7 Å². The van der Waals surface area contributed by atoms with Gasteiger partial charge in [-0.1, -0.05) is 29.8 Å². The smallest absolute Gasteiger partial charge is 0.328 e. The van der Waals surface area contributed by atoms with Crippen molar-refractivity contribution in [3.63, 3.8) is 0 Å². The van der Waals surface area contributed by atoms with Crippen LogP contribution in [0.25, 0.3) is 17.2 Å². The van der Waals surface area contributed by atoms with Gasteiger partial charge in [0.1, 0.15) is 11.5 Å². The number of hydrogen-bond acceptors (Lipinski definition) is 3. The maximum atomic E-state index is 11.5. The lowest BCUT2D eigenvalue weighted by Gasteiger charge is -2.57. The molecule has 0 aliphatic heterocycles. The standard InChI is InChI=1S/C26H27ClO4/c1-31-25-18(5-6-23(28)29)10-19(27)11-21(25)20-3-2-4-22(24(20)30)26-12-15-7-16(13-26)9-17(8-15)14-26/h2-6,10-11,15-17,30H,7-9,12-14H2,1H3,(H,28,29)/b6-5+. The molecule has 4 aliphatic rings. The molecule has 31 heavy (non-hydrogen) atoms. The average Bonchev–Trinajstić information content (AvgIpc) is 2.71. The van der Waals surface area contributed by atoms with Gasteiger partial charge in [-0.05, 0) is 79.9 Å². The van der Waals surface area contributed by atoms with E-state index in [0.717, 1.165) is 48.7 Å². The Labute approximate surface area is 187 Å². The molecule has 2 aromatic carbocycles. The Kier molecular flexibility index (Phi) is 5.01. The monoisotopic (exact) mass is 438 g/mol. The molecule has 0 amide bonds. The number of ether oxygens (including phenoxy) is 1. The van der Waals surface area contributed by atoms with E-state index in [2.05, 4.69) is 6.07 Å². The van der Waals surface area contributed by atoms with Crippen molar-refractivity contribution >= 4 is 23.6 Å². The summed E-state index contributed by atoms with van der Waals surface area (Å²) in [6.07, 6.45) is 10.1. The molecule has 0 saturated heterocycles. The predicted octanol–water partition coefficient (Wildman–Crippen LogP) is 6.29. The molecule has 0 unspecified atom stereocenters. The number of carboxylic acids is 1. The molecule has 4 nitrogen and oxygen atoms in total. The highest BCUT2D eigenvalue weighted by molar-refractivity contribution is 6.31. The SMILES string of the molecule is COc1c(/C=C/C(=O)O)cc(Cl)cc1-c1cccc(C23CC4CC(CC(C4)C2)C3)c1O. The van der Waals surface area contributed by atoms with Crippen LogP contribution in [0.4, 0.5) is 0 Å². The van der Waals surface area contributed by atoms with Gasteiger partial charge in [-0.15, -0.1) is 0 Å². The minimum Gasteiger partial charge on any atom is -0.507 e. The number of rotatable bonds is 5. The van der Waals surface area contributed by atoms with Crippen molar-refractivity contribution in [2.75, 3.05) is 7.11 Å². The molecule has 0 spiro atoms. The number of aromatic hydroxyl groups is 1. The van der Waals surface area contributed by atoms with Crippen LogP contribution < -0.4 is 4.74 Å². The van der Waals surface area contributed by atoms with Crippen LogP contribution in [0.15, 0.2) is 36.4 Å². The van der Waals surface area contributed by atoms with Crippen LogP contribution in [0.1, 0.15) is 49.7 Å². The van der Waals surface area contributed by atoms with Gasteiger partial charge >= 0.3 is 5.97 Å². The largest absolute Gasteiger partial charge is 0.507 e. The highest BCUT2D eigenvalue weighted by atomic mass is 35.5. The van der Waals surface area contributed by atoms with E-state index in [4.69, 9.17) is 21.4 Å². The third-order valence-electron chi connectivity index (χ3n) is 7.63. The fourth-order valence-corrected chi connectivity index (χ4v) is 7.18. The summed E-state index contributed by atoms with van der Waals surface area (Å²) in [4.78, 5) is 11.0. The molecule has 2 aromatic rings. The van der Waals surface area contributed by atoms with E-state index >= 15 is 0 Å². The number of carbonyl (C=O) groups is 1. The van der Waals surface area contributed by atoms with Crippen molar-refractivity contribution in [1.29, 1.82) is 0 Å². The topological polar surface area (TPSA) is 66.8 Å². The molecular formula is C26H27ClO4. The lowest BCUT2D eigenvalue weighted by atomic mass is 9.48. The van der Waals surface area contributed by atoms with E-state index in [1.807, 2.05) is 12.1 Å². The first kappa shape index (κ1) is 20.4. The zero-order valence-corrected chi connectivity index (χ0v) is 18.4. The number of methoxy groups -OCH3 is 1. The average molecular weight is 439 g/mol. The van der Waals surface area contributed by atoms with E-state index < -0.39 is 5.97 Å². The summed E-state index contributed by atoms with van der Waals surface area (Å²) >= 11 is 6.37. The van der Waals surface area contributed by atoms with Gasteiger partial charge in [0.15, 0.2) is 0 Å². The van der Waals surface area contributed by atoms with Gasteiger partial charge in [-0.3, -0.25) is 0 Å². The van der Waals surface area contributed by atoms with Crippen LogP contribution in [-0.4, -0.2) is 23.3 Å². The number of carboxylic acid groups (broad SMARTS) is 1. The quantitative estimate of drug-likeness (QED) is 0.538. The predicted molar refractivity (Wildman–Crippen MR) is 122 cm³/mol. The number of benzene rings is 2. The summed E-state index contributed by atoms with van der Waals surface area (Å²) in [5, 5.41) is 21.0. The molecule has 0 heterocycles. The first-order valence-electron chi connectivity index (χ1n) is 11.0. The van der Waals surface area contributed by atoms with Crippen molar-refractivity contribution in [3.05, 3.63) is 52.6 Å². The van der Waals surface area contributed by atoms with Crippen LogP contribution >= 0.6 is 11.6 Å². The molecule has 4 fully saturated rings. The minimum atomic E-state index is -1.05. The van der Waals surface area contributed by atoms with Crippen LogP contribution in [0.5, 0.6) is 11.5 Å². The van der Waals surface area contributed by atoms with Crippen molar-refractivity contribution in [2.24, 2.45) is 17.8 Å². The number of aliphatic carboxylic acids is 1. The molecule has 4 aliphatic carbocycles. The van der Waals surface area contributed by atoms with Crippen LogP contribution in [0, 0.1) is 17.8 Å². The van der Waals surface area contributed by atoms with Crippen LogP contribution in [-0.2, 0) is 10.2 Å².